The van der Waals surface area contributed by atoms with Crippen LogP contribution >= 0.6 is 0 Å². The monoisotopic (exact) mass is 473 g/mol. The highest BCUT2D eigenvalue weighted by molar-refractivity contribution is 5.76. The van der Waals surface area contributed by atoms with E-state index in [1.807, 2.05) is 0 Å². The van der Waals surface area contributed by atoms with E-state index in [-0.39, 0.29) is 18.9 Å². The number of esters is 4. The summed E-state index contributed by atoms with van der Waals surface area (Å²) in [5.41, 5.74) is 0. The summed E-state index contributed by atoms with van der Waals surface area (Å²) in [7, 11) is 0. The first-order valence-corrected chi connectivity index (χ1v) is 11.1. The molecule has 0 bridgehead atoms. The van der Waals surface area contributed by atoms with Gasteiger partial charge in [-0.1, -0.05) is 32.6 Å². The number of carbonyl (C=O) groups is 5. The van der Waals surface area contributed by atoms with Crippen LogP contribution < -0.4 is 5.32 Å². The molecule has 1 heterocycles. The van der Waals surface area contributed by atoms with Gasteiger partial charge in [0, 0.05) is 34.1 Å². The first kappa shape index (κ1) is 28.3. The molecule has 0 aliphatic carbocycles. The highest BCUT2D eigenvalue weighted by Gasteiger charge is 2.52. The molecule has 33 heavy (non-hydrogen) atoms. The first-order chi connectivity index (χ1) is 15.5. The number of amides is 1. The lowest BCUT2D eigenvalue weighted by Crippen LogP contribution is -2.66. The molecule has 0 aromatic carbocycles. The number of carbonyl (C=O) groups excluding carboxylic acids is 5. The van der Waals surface area contributed by atoms with Crippen LogP contribution in [-0.2, 0) is 47.7 Å². The number of hydrogen-bond donors (Lipinski definition) is 1. The van der Waals surface area contributed by atoms with Crippen LogP contribution in [0.5, 0.6) is 0 Å². The highest BCUT2D eigenvalue weighted by Crippen LogP contribution is 2.28. The number of nitrogens with one attached hydrogen (secondary N) is 1. The summed E-state index contributed by atoms with van der Waals surface area (Å²) in [4.78, 5) is 59.1. The average Bonchev–Trinajstić information content (AvgIpc) is 2.69. The normalized spacial score (nSPS) is 24.3. The van der Waals surface area contributed by atoms with Crippen LogP contribution in [0, 0.1) is 0 Å². The molecule has 0 saturated carbocycles. The van der Waals surface area contributed by atoms with Gasteiger partial charge in [0.15, 0.2) is 24.5 Å². The molecule has 1 amide bonds. The van der Waals surface area contributed by atoms with Crippen LogP contribution in [0.4, 0.5) is 0 Å². The zero-order chi connectivity index (χ0) is 25.0. The Balaban J connectivity index is 3.12. The van der Waals surface area contributed by atoms with Gasteiger partial charge in [-0.25, -0.2) is 0 Å². The Morgan fingerprint density at radius 2 is 1.27 bits per heavy atom. The predicted molar refractivity (Wildman–Crippen MR) is 113 cm³/mol. The fraction of sp³-hybridized carbons (Fsp3) is 0.773. The number of hydrogen-bond acceptors (Lipinski definition) is 10. The van der Waals surface area contributed by atoms with E-state index >= 15 is 0 Å². The molecule has 1 aliphatic rings. The van der Waals surface area contributed by atoms with Crippen molar-refractivity contribution in [1.29, 1.82) is 0 Å². The minimum Gasteiger partial charge on any atom is -0.463 e. The Hall–Kier alpha value is -2.69. The van der Waals surface area contributed by atoms with Crippen molar-refractivity contribution >= 4 is 29.8 Å². The van der Waals surface area contributed by atoms with Gasteiger partial charge in [-0.15, -0.1) is 0 Å². The van der Waals surface area contributed by atoms with E-state index < -0.39 is 54.5 Å². The molecule has 188 valence electrons. The third-order valence-electron chi connectivity index (χ3n) is 4.80. The first-order valence-electron chi connectivity index (χ1n) is 11.1. The molecular weight excluding hydrogens is 438 g/mol. The largest absolute Gasteiger partial charge is 0.463 e. The zero-order valence-electron chi connectivity index (χ0n) is 19.9. The van der Waals surface area contributed by atoms with Gasteiger partial charge in [0.2, 0.25) is 5.91 Å². The summed E-state index contributed by atoms with van der Waals surface area (Å²) in [6.45, 7) is 6.35. The van der Waals surface area contributed by atoms with Crippen LogP contribution in [0.15, 0.2) is 0 Å². The lowest BCUT2D eigenvalue weighted by molar-refractivity contribution is -0.257. The Morgan fingerprint density at radius 3 is 1.82 bits per heavy atom. The molecular formula is C22H35NO10. The van der Waals surface area contributed by atoms with Gasteiger partial charge < -0.3 is 29.0 Å². The van der Waals surface area contributed by atoms with Gasteiger partial charge in [-0.05, 0) is 6.42 Å². The second-order valence-electron chi connectivity index (χ2n) is 7.85. The molecule has 0 aromatic rings. The Bertz CT molecular complexity index is 695. The van der Waals surface area contributed by atoms with E-state index in [0.717, 1.165) is 46.5 Å². The minimum atomic E-state index is -1.31. The zero-order valence-corrected chi connectivity index (χ0v) is 19.9. The molecule has 1 rings (SSSR count). The second-order valence-corrected chi connectivity index (χ2v) is 7.85. The number of unbranched alkanes of at least 4 members (excludes halogenated alkanes) is 4. The van der Waals surface area contributed by atoms with Crippen molar-refractivity contribution in [1.82, 2.24) is 5.32 Å². The summed E-state index contributed by atoms with van der Waals surface area (Å²) in [5, 5.41) is 2.65. The quantitative estimate of drug-likeness (QED) is 0.252. The van der Waals surface area contributed by atoms with Crippen LogP contribution in [0.2, 0.25) is 0 Å². The molecule has 1 N–H and O–H groups in total. The van der Waals surface area contributed by atoms with E-state index in [1.54, 1.807) is 0 Å². The van der Waals surface area contributed by atoms with Crippen LogP contribution in [-0.4, -0.2) is 67.0 Å². The second kappa shape index (κ2) is 14.5. The fourth-order valence-electron chi connectivity index (χ4n) is 3.46. The molecule has 0 spiro atoms. The molecule has 11 heteroatoms. The molecule has 1 aliphatic heterocycles. The SMILES string of the molecule is CCCCCCCC(=O)N[C@@H]1O[C@H](COC(C)=O)[C@@H](OC(C)=O)[C@H](OC(C)=O)[C@H]1OC(C)=O. The molecule has 5 atom stereocenters. The lowest BCUT2D eigenvalue weighted by Gasteiger charge is -2.44. The molecule has 1 fully saturated rings. The van der Waals surface area contributed by atoms with Gasteiger partial charge >= 0.3 is 23.9 Å². The van der Waals surface area contributed by atoms with Gasteiger partial charge in [0.05, 0.1) is 0 Å². The summed E-state index contributed by atoms with van der Waals surface area (Å²) in [6, 6.07) is 0. The van der Waals surface area contributed by atoms with Crippen LogP contribution in [0.25, 0.3) is 0 Å². The van der Waals surface area contributed by atoms with Crippen molar-refractivity contribution in [2.45, 2.75) is 104 Å². The van der Waals surface area contributed by atoms with Crippen molar-refractivity contribution in [3.8, 4) is 0 Å². The van der Waals surface area contributed by atoms with E-state index in [1.165, 1.54) is 6.92 Å². The van der Waals surface area contributed by atoms with E-state index in [0.29, 0.717) is 6.42 Å². The van der Waals surface area contributed by atoms with Gasteiger partial charge in [0.25, 0.3) is 0 Å². The van der Waals surface area contributed by atoms with Crippen molar-refractivity contribution < 1.29 is 47.7 Å². The molecule has 11 nitrogen and oxygen atoms in total. The summed E-state index contributed by atoms with van der Waals surface area (Å²) >= 11 is 0. The van der Waals surface area contributed by atoms with Crippen LogP contribution in [0.3, 0.4) is 0 Å². The Kier molecular flexibility index (Phi) is 12.4. The van der Waals surface area contributed by atoms with Crippen molar-refractivity contribution in [3.05, 3.63) is 0 Å². The maximum Gasteiger partial charge on any atom is 0.303 e. The molecule has 0 unspecified atom stereocenters. The maximum absolute atomic E-state index is 12.5. The van der Waals surface area contributed by atoms with E-state index in [4.69, 9.17) is 23.7 Å². The van der Waals surface area contributed by atoms with Gasteiger partial charge in [-0.3, -0.25) is 24.0 Å². The molecule has 0 aromatic heterocycles. The average molecular weight is 474 g/mol. The summed E-state index contributed by atoms with van der Waals surface area (Å²) < 4.78 is 26.8. The van der Waals surface area contributed by atoms with E-state index in [2.05, 4.69) is 12.2 Å². The fourth-order valence-corrected chi connectivity index (χ4v) is 3.46. The summed E-state index contributed by atoms with van der Waals surface area (Å²) in [5.74, 6) is -3.14. The maximum atomic E-state index is 12.5. The standard InChI is InChI=1S/C22H35NO10/c1-6-7-8-9-10-11-18(28)23-22-21(32-16(5)27)20(31-15(4)26)19(30-14(3)25)17(33-22)12-29-13(2)24/h17,19-22H,6-12H2,1-5H3,(H,23,28)/t17-,19-,20+,21-,22-/m1/s1. The third-order valence-corrected chi connectivity index (χ3v) is 4.80. The van der Waals surface area contributed by atoms with Gasteiger partial charge in [-0.2, -0.15) is 0 Å². The van der Waals surface area contributed by atoms with Crippen molar-refractivity contribution in [2.24, 2.45) is 0 Å². The molecule has 1 saturated heterocycles. The Labute approximate surface area is 193 Å². The highest BCUT2D eigenvalue weighted by atomic mass is 16.7. The predicted octanol–water partition coefficient (Wildman–Crippen LogP) is 1.55. The number of ether oxygens (including phenoxy) is 5. The Morgan fingerprint density at radius 1 is 0.727 bits per heavy atom. The van der Waals surface area contributed by atoms with Gasteiger partial charge in [0.1, 0.15) is 12.7 Å². The summed E-state index contributed by atoms with van der Waals surface area (Å²) in [6.07, 6.45) is -1.23. The van der Waals surface area contributed by atoms with Crippen LogP contribution in [0.1, 0.15) is 73.1 Å². The van der Waals surface area contributed by atoms with E-state index in [9.17, 15) is 24.0 Å². The van der Waals surface area contributed by atoms with Crippen molar-refractivity contribution in [2.75, 3.05) is 6.61 Å². The van der Waals surface area contributed by atoms with Crippen molar-refractivity contribution in [3.63, 3.8) is 0 Å². The minimum absolute atomic E-state index is 0.219. The smallest absolute Gasteiger partial charge is 0.303 e. The topological polar surface area (TPSA) is 144 Å². The number of rotatable bonds is 12. The lowest BCUT2D eigenvalue weighted by atomic mass is 9.97. The third kappa shape index (κ3) is 10.6. The molecule has 0 radical (unpaired) electrons.